The van der Waals surface area contributed by atoms with Gasteiger partial charge in [-0.15, -0.1) is 0 Å². The summed E-state index contributed by atoms with van der Waals surface area (Å²) in [5.41, 5.74) is -0.904. The van der Waals surface area contributed by atoms with Crippen molar-refractivity contribution in [3.8, 4) is 0 Å². The van der Waals surface area contributed by atoms with Crippen LogP contribution in [-0.2, 0) is 14.3 Å². The van der Waals surface area contributed by atoms with E-state index in [0.717, 1.165) is 12.8 Å². The molecule has 0 atom stereocenters. The highest BCUT2D eigenvalue weighted by atomic mass is 16.5. The van der Waals surface area contributed by atoms with E-state index in [4.69, 9.17) is 9.47 Å². The van der Waals surface area contributed by atoms with E-state index < -0.39 is 5.41 Å². The summed E-state index contributed by atoms with van der Waals surface area (Å²) in [4.78, 5) is 11.3. The fourth-order valence-corrected chi connectivity index (χ4v) is 4.18. The molecule has 0 aliphatic carbocycles. The number of carbonyl (C=O) groups excluding carboxylic acids is 1. The van der Waals surface area contributed by atoms with Gasteiger partial charge in [-0.3, -0.25) is 4.79 Å². The zero-order valence-electron chi connectivity index (χ0n) is 22.8. The quantitative estimate of drug-likeness (QED) is 0.0937. The van der Waals surface area contributed by atoms with E-state index in [-0.39, 0.29) is 38.8 Å². The molecule has 0 unspecified atom stereocenters. The third-order valence-electron chi connectivity index (χ3n) is 6.80. The van der Waals surface area contributed by atoms with E-state index in [9.17, 15) is 15.0 Å². The average Bonchev–Trinajstić information content (AvgIpc) is 2.86. The molecule has 5 nitrogen and oxygen atoms in total. The van der Waals surface area contributed by atoms with Crippen molar-refractivity contribution in [3.05, 3.63) is 0 Å². The number of rotatable bonds is 27. The third-order valence-corrected chi connectivity index (χ3v) is 6.80. The molecule has 204 valence electrons. The molecule has 0 radical (unpaired) electrons. The Hall–Kier alpha value is -0.650. The zero-order chi connectivity index (χ0) is 25.2. The van der Waals surface area contributed by atoms with Gasteiger partial charge in [0.15, 0.2) is 0 Å². The molecule has 34 heavy (non-hydrogen) atoms. The van der Waals surface area contributed by atoms with E-state index in [2.05, 4.69) is 6.92 Å². The Morgan fingerprint density at radius 2 is 0.971 bits per heavy atom. The van der Waals surface area contributed by atoms with Crippen molar-refractivity contribution in [2.45, 2.75) is 142 Å². The Kier molecular flexibility index (Phi) is 25.0. The van der Waals surface area contributed by atoms with Crippen LogP contribution in [0, 0.1) is 5.41 Å². The highest BCUT2D eigenvalue weighted by molar-refractivity contribution is 5.68. The van der Waals surface area contributed by atoms with Crippen LogP contribution in [0.2, 0.25) is 0 Å². The van der Waals surface area contributed by atoms with Gasteiger partial charge >= 0.3 is 5.97 Å². The van der Waals surface area contributed by atoms with Crippen molar-refractivity contribution in [1.82, 2.24) is 0 Å². The molecule has 0 aromatic rings. The second kappa shape index (κ2) is 25.4. The lowest BCUT2D eigenvalue weighted by atomic mass is 9.92. The summed E-state index contributed by atoms with van der Waals surface area (Å²) in [7, 11) is 0. The topological polar surface area (TPSA) is 76.0 Å². The summed E-state index contributed by atoms with van der Waals surface area (Å²) < 4.78 is 10.8. The van der Waals surface area contributed by atoms with Crippen molar-refractivity contribution >= 4 is 5.97 Å². The number of unbranched alkanes of at least 4 members (excludes halogenated alkanes) is 18. The summed E-state index contributed by atoms with van der Waals surface area (Å²) in [6, 6.07) is 0. The lowest BCUT2D eigenvalue weighted by molar-refractivity contribution is -0.152. The van der Waals surface area contributed by atoms with Gasteiger partial charge in [0, 0.05) is 13.0 Å². The van der Waals surface area contributed by atoms with E-state index in [1.165, 1.54) is 109 Å². The first kappa shape index (κ1) is 33.4. The minimum Gasteiger partial charge on any atom is -0.465 e. The van der Waals surface area contributed by atoms with Crippen LogP contribution in [0.5, 0.6) is 0 Å². The van der Waals surface area contributed by atoms with Crippen LogP contribution in [0.25, 0.3) is 0 Å². The Morgan fingerprint density at radius 3 is 1.32 bits per heavy atom. The van der Waals surface area contributed by atoms with Gasteiger partial charge in [-0.2, -0.15) is 0 Å². The summed E-state index contributed by atoms with van der Waals surface area (Å²) >= 11 is 0. The van der Waals surface area contributed by atoms with Crippen molar-refractivity contribution in [3.63, 3.8) is 0 Å². The molecule has 0 aliphatic rings. The molecule has 0 fully saturated rings. The van der Waals surface area contributed by atoms with Gasteiger partial charge in [0.25, 0.3) is 0 Å². The van der Waals surface area contributed by atoms with Crippen LogP contribution in [0.15, 0.2) is 0 Å². The van der Waals surface area contributed by atoms with Gasteiger partial charge in [-0.25, -0.2) is 0 Å². The predicted molar refractivity (Wildman–Crippen MR) is 142 cm³/mol. The van der Waals surface area contributed by atoms with E-state index in [1.54, 1.807) is 6.92 Å². The monoisotopic (exact) mass is 486 g/mol. The molecule has 0 spiro atoms. The second-order valence-electron chi connectivity index (χ2n) is 10.2. The maximum atomic E-state index is 11.3. The SMILES string of the molecule is CCCCCCCCCCCCCCCCCCCCCOCC(CO)(CO)COC(=O)CC. The number of ether oxygens (including phenoxy) is 2. The normalized spacial score (nSPS) is 11.8. The Labute approximate surface area is 211 Å². The molecule has 0 saturated heterocycles. The average molecular weight is 487 g/mol. The number of hydrogen-bond donors (Lipinski definition) is 2. The highest BCUT2D eigenvalue weighted by Gasteiger charge is 2.31. The first-order valence-corrected chi connectivity index (χ1v) is 14.6. The first-order valence-electron chi connectivity index (χ1n) is 14.6. The van der Waals surface area contributed by atoms with E-state index >= 15 is 0 Å². The molecule has 5 heteroatoms. The molecule has 2 N–H and O–H groups in total. The van der Waals surface area contributed by atoms with Crippen molar-refractivity contribution in [1.29, 1.82) is 0 Å². The minimum atomic E-state index is -0.904. The number of esters is 1. The number of carbonyl (C=O) groups is 1. The van der Waals surface area contributed by atoms with Gasteiger partial charge in [0.05, 0.1) is 25.2 Å². The lowest BCUT2D eigenvalue weighted by Gasteiger charge is -2.28. The Bertz CT molecular complexity index is 423. The van der Waals surface area contributed by atoms with Gasteiger partial charge in [-0.1, -0.05) is 129 Å². The molecular weight excluding hydrogens is 428 g/mol. The predicted octanol–water partition coefficient (Wildman–Crippen LogP) is 7.36. The molecule has 0 aromatic heterocycles. The molecule has 0 aliphatic heterocycles. The number of hydrogen-bond acceptors (Lipinski definition) is 5. The van der Waals surface area contributed by atoms with Crippen LogP contribution in [0.4, 0.5) is 0 Å². The summed E-state index contributed by atoms with van der Waals surface area (Å²) in [6.07, 6.45) is 26.1. The van der Waals surface area contributed by atoms with Crippen LogP contribution in [-0.4, -0.2) is 49.2 Å². The third kappa shape index (κ3) is 20.7. The van der Waals surface area contributed by atoms with E-state index in [1.807, 2.05) is 0 Å². The highest BCUT2D eigenvalue weighted by Crippen LogP contribution is 2.18. The standard InChI is InChI=1S/C29H58O5/c1-3-5-6-7-8-9-10-11-12-13-14-15-16-17-18-19-20-21-22-23-33-26-29(24-30,25-31)27-34-28(32)4-2/h30-31H,3-27H2,1-2H3. The van der Waals surface area contributed by atoms with Gasteiger partial charge in [-0.05, 0) is 6.42 Å². The van der Waals surface area contributed by atoms with Gasteiger partial charge in [0.2, 0.25) is 0 Å². The van der Waals surface area contributed by atoms with Crippen LogP contribution >= 0.6 is 0 Å². The fraction of sp³-hybridized carbons (Fsp3) is 0.966. The van der Waals surface area contributed by atoms with Crippen LogP contribution in [0.1, 0.15) is 142 Å². The van der Waals surface area contributed by atoms with E-state index in [0.29, 0.717) is 6.61 Å². The first-order chi connectivity index (χ1) is 16.6. The Morgan fingerprint density at radius 1 is 0.588 bits per heavy atom. The molecule has 0 rings (SSSR count). The lowest BCUT2D eigenvalue weighted by Crippen LogP contribution is -2.40. The maximum Gasteiger partial charge on any atom is 0.305 e. The molecule has 0 bridgehead atoms. The van der Waals surface area contributed by atoms with Crippen LogP contribution < -0.4 is 0 Å². The van der Waals surface area contributed by atoms with Crippen LogP contribution in [0.3, 0.4) is 0 Å². The van der Waals surface area contributed by atoms with Gasteiger partial charge in [0.1, 0.15) is 6.61 Å². The molecule has 0 heterocycles. The number of aliphatic hydroxyl groups is 2. The van der Waals surface area contributed by atoms with Crippen molar-refractivity contribution in [2.75, 3.05) is 33.0 Å². The maximum absolute atomic E-state index is 11.3. The molecular formula is C29H58O5. The summed E-state index contributed by atoms with van der Waals surface area (Å²) in [5.74, 6) is -0.329. The van der Waals surface area contributed by atoms with Gasteiger partial charge < -0.3 is 19.7 Å². The number of aliphatic hydroxyl groups excluding tert-OH is 2. The molecule has 0 aromatic carbocycles. The van der Waals surface area contributed by atoms with Crippen molar-refractivity contribution < 1.29 is 24.5 Å². The molecule has 0 saturated carbocycles. The van der Waals surface area contributed by atoms with Crippen molar-refractivity contribution in [2.24, 2.45) is 5.41 Å². The Balaban J connectivity index is 3.38. The fourth-order valence-electron chi connectivity index (χ4n) is 4.18. The summed E-state index contributed by atoms with van der Waals surface area (Å²) in [6.45, 7) is 4.28. The largest absolute Gasteiger partial charge is 0.465 e. The zero-order valence-corrected chi connectivity index (χ0v) is 22.8. The molecule has 0 amide bonds. The smallest absolute Gasteiger partial charge is 0.305 e. The summed E-state index contributed by atoms with van der Waals surface area (Å²) in [5, 5.41) is 19.2. The second-order valence-corrected chi connectivity index (χ2v) is 10.2. The minimum absolute atomic E-state index is 0.00807.